The van der Waals surface area contributed by atoms with Gasteiger partial charge in [0.1, 0.15) is 0 Å². The molecule has 0 aromatic heterocycles. The van der Waals surface area contributed by atoms with Gasteiger partial charge in [0, 0.05) is 0 Å². The lowest BCUT2D eigenvalue weighted by atomic mass is 10.4. The van der Waals surface area contributed by atoms with Crippen LogP contribution in [-0.4, -0.2) is 13.9 Å². The maximum absolute atomic E-state index is 5.89. The Bertz CT molecular complexity index is 77.4. The summed E-state index contributed by atoms with van der Waals surface area (Å²) in [5, 5.41) is 0. The molecule has 0 atom stereocenters. The van der Waals surface area contributed by atoms with Crippen LogP contribution in [0.15, 0.2) is 0 Å². The highest BCUT2D eigenvalue weighted by Gasteiger charge is 2.24. The molecule has 0 bridgehead atoms. The van der Waals surface area contributed by atoms with E-state index < -0.39 is 6.86 Å². The number of unbranched alkanes of at least 4 members (excludes halogenated alkanes) is 1. The molecule has 1 N–H and O–H groups in total. The zero-order valence-electron chi connectivity index (χ0n) is 5.88. The third kappa shape index (κ3) is 5.21. The Morgan fingerprint density at radius 3 is 2.33 bits per heavy atom. The quantitative estimate of drug-likeness (QED) is 0.525. The summed E-state index contributed by atoms with van der Waals surface area (Å²) in [6.45, 7) is 0.129. The molecule has 0 aliphatic carbocycles. The number of rotatable bonds is 4. The van der Waals surface area contributed by atoms with Gasteiger partial charge in [0.05, 0.1) is 0 Å². The molecule has 1 nitrogen and oxygen atoms in total. The molecule has 56 valence electrons. The predicted octanol–water partition coefficient (Wildman–Crippen LogP) is 2.42. The molecule has 0 rings (SSSR count). The van der Waals surface area contributed by atoms with Gasteiger partial charge in [0.2, 0.25) is 0 Å². The summed E-state index contributed by atoms with van der Waals surface area (Å²) in [5.74, 6) is 0. The molecule has 0 radical (unpaired) electrons. The molecule has 0 fully saturated rings. The summed E-state index contributed by atoms with van der Waals surface area (Å²) < 4.78 is 0. The van der Waals surface area contributed by atoms with Gasteiger partial charge in [-0.25, -0.2) is 0 Å². The van der Waals surface area contributed by atoms with E-state index >= 15 is 0 Å². The number of nitrogens with one attached hydrogen (secondary N) is 1. The average molecular weight is 186 g/mol. The van der Waals surface area contributed by atoms with Gasteiger partial charge in [-0.3, -0.25) is 0 Å². The molecular formula is C5H13Cl2NSi. The monoisotopic (exact) mass is 185 g/mol. The summed E-state index contributed by atoms with van der Waals surface area (Å²) in [4.78, 5) is 2.95. The molecule has 0 unspecified atom stereocenters. The molecule has 0 aromatic rings. The van der Waals surface area contributed by atoms with Crippen LogP contribution in [0.4, 0.5) is 0 Å². The van der Waals surface area contributed by atoms with Gasteiger partial charge in [-0.05, 0) is 13.1 Å². The van der Waals surface area contributed by atoms with Crippen LogP contribution in [0.3, 0.4) is 0 Å². The van der Waals surface area contributed by atoms with E-state index in [1.165, 1.54) is 0 Å². The molecular weight excluding hydrogens is 173 g/mol. The Morgan fingerprint density at radius 1 is 1.44 bits per heavy atom. The molecule has 0 amide bonds. The van der Waals surface area contributed by atoms with Gasteiger partial charge in [-0.15, -0.1) is 22.2 Å². The van der Waals surface area contributed by atoms with E-state index in [0.29, 0.717) is 0 Å². The van der Waals surface area contributed by atoms with Crippen LogP contribution in [-0.2, 0) is 0 Å². The van der Waals surface area contributed by atoms with Crippen molar-refractivity contribution in [1.29, 1.82) is 0 Å². The second-order valence-corrected chi connectivity index (χ2v) is 8.92. The van der Waals surface area contributed by atoms with Crippen LogP contribution in [0.2, 0.25) is 6.04 Å². The van der Waals surface area contributed by atoms with E-state index in [0.717, 1.165) is 18.9 Å². The molecule has 0 heterocycles. The van der Waals surface area contributed by atoms with Crippen molar-refractivity contribution < 1.29 is 0 Å². The zero-order chi connectivity index (χ0) is 7.33. The van der Waals surface area contributed by atoms with Crippen molar-refractivity contribution in [2.24, 2.45) is 0 Å². The Hall–Kier alpha value is 0.757. The van der Waals surface area contributed by atoms with Gasteiger partial charge in [-0.1, -0.05) is 19.8 Å². The SMILES string of the molecule is CCCC[Si](Cl)(Cl)NC. The van der Waals surface area contributed by atoms with Gasteiger partial charge in [0.15, 0.2) is 0 Å². The van der Waals surface area contributed by atoms with Crippen LogP contribution in [0.25, 0.3) is 0 Å². The van der Waals surface area contributed by atoms with Crippen LogP contribution in [0, 0.1) is 0 Å². The summed E-state index contributed by atoms with van der Waals surface area (Å²) in [6.07, 6.45) is 2.29. The molecule has 0 saturated heterocycles. The lowest BCUT2D eigenvalue weighted by molar-refractivity contribution is 0.867. The molecule has 0 aliphatic rings. The third-order valence-corrected chi connectivity index (χ3v) is 5.19. The third-order valence-electron chi connectivity index (χ3n) is 1.21. The summed E-state index contributed by atoms with van der Waals surface area (Å²) in [5.41, 5.74) is 0. The molecule has 0 saturated carbocycles. The van der Waals surface area contributed by atoms with Gasteiger partial charge in [0.25, 0.3) is 0 Å². The topological polar surface area (TPSA) is 12.0 Å². The lowest BCUT2D eigenvalue weighted by Gasteiger charge is -2.13. The van der Waals surface area contributed by atoms with Crippen molar-refractivity contribution >= 4 is 29.0 Å². The van der Waals surface area contributed by atoms with Crippen LogP contribution < -0.4 is 4.98 Å². The molecule has 9 heavy (non-hydrogen) atoms. The predicted molar refractivity (Wildman–Crippen MR) is 46.2 cm³/mol. The summed E-state index contributed by atoms with van der Waals surface area (Å²) >= 11 is 11.8. The van der Waals surface area contributed by atoms with Crippen LogP contribution in [0.1, 0.15) is 19.8 Å². The Balaban J connectivity index is 3.33. The highest BCUT2D eigenvalue weighted by molar-refractivity contribution is 7.44. The van der Waals surface area contributed by atoms with Crippen molar-refractivity contribution in [3.63, 3.8) is 0 Å². The summed E-state index contributed by atoms with van der Waals surface area (Å²) in [6, 6.07) is 0.948. The van der Waals surface area contributed by atoms with E-state index in [1.54, 1.807) is 0 Å². The molecule has 0 aliphatic heterocycles. The first kappa shape index (κ1) is 9.76. The first-order valence-corrected chi connectivity index (χ1v) is 7.42. The highest BCUT2D eigenvalue weighted by atomic mass is 35.7. The second-order valence-electron chi connectivity index (χ2n) is 2.06. The normalized spacial score (nSPS) is 12.0. The maximum atomic E-state index is 5.89. The first-order chi connectivity index (χ1) is 4.12. The van der Waals surface area contributed by atoms with Gasteiger partial charge < -0.3 is 4.98 Å². The van der Waals surface area contributed by atoms with E-state index in [-0.39, 0.29) is 0 Å². The highest BCUT2D eigenvalue weighted by Crippen LogP contribution is 2.18. The summed E-state index contributed by atoms with van der Waals surface area (Å²) in [7, 11) is 1.82. The smallest absolute Gasteiger partial charge is 0.316 e. The lowest BCUT2D eigenvalue weighted by Crippen LogP contribution is -2.36. The molecule has 4 heteroatoms. The fourth-order valence-electron chi connectivity index (χ4n) is 0.524. The van der Waals surface area contributed by atoms with Crippen molar-refractivity contribution in [2.75, 3.05) is 7.05 Å². The van der Waals surface area contributed by atoms with Crippen LogP contribution in [0.5, 0.6) is 0 Å². The minimum absolute atomic E-state index is 0.948. The van der Waals surface area contributed by atoms with Gasteiger partial charge >= 0.3 is 6.86 Å². The fourth-order valence-corrected chi connectivity index (χ4v) is 2.37. The number of hydrogen-bond donors (Lipinski definition) is 1. The Morgan fingerprint density at radius 2 is 2.00 bits per heavy atom. The van der Waals surface area contributed by atoms with Crippen LogP contribution >= 0.6 is 22.2 Å². The zero-order valence-corrected chi connectivity index (χ0v) is 8.39. The van der Waals surface area contributed by atoms with E-state index in [1.807, 2.05) is 7.05 Å². The van der Waals surface area contributed by atoms with Crippen molar-refractivity contribution in [3.05, 3.63) is 0 Å². The van der Waals surface area contributed by atoms with Crippen molar-refractivity contribution in [2.45, 2.75) is 25.8 Å². The Kier molecular flexibility index (Phi) is 4.94. The van der Waals surface area contributed by atoms with E-state index in [2.05, 4.69) is 11.9 Å². The van der Waals surface area contributed by atoms with E-state index in [9.17, 15) is 0 Å². The minimum atomic E-state index is -2.00. The minimum Gasteiger partial charge on any atom is -0.316 e. The first-order valence-electron chi connectivity index (χ1n) is 3.19. The van der Waals surface area contributed by atoms with E-state index in [4.69, 9.17) is 22.2 Å². The van der Waals surface area contributed by atoms with Crippen molar-refractivity contribution in [1.82, 2.24) is 4.98 Å². The largest absolute Gasteiger partial charge is 0.322 e. The Labute approximate surface area is 67.2 Å². The van der Waals surface area contributed by atoms with Crippen molar-refractivity contribution in [3.8, 4) is 0 Å². The standard InChI is InChI=1S/C5H13Cl2NSi/c1-3-4-5-9(6,7)8-2/h8H,3-5H2,1-2H3. The van der Waals surface area contributed by atoms with Gasteiger partial charge in [-0.2, -0.15) is 0 Å². The number of halogens is 2. The maximum Gasteiger partial charge on any atom is 0.322 e. The average Bonchev–Trinajstić information content (AvgIpc) is 1.84. The molecule has 0 spiro atoms. The fraction of sp³-hybridized carbons (Fsp3) is 1.00. The molecule has 0 aromatic carbocycles. The second kappa shape index (κ2) is 4.55. The number of hydrogen-bond acceptors (Lipinski definition) is 1.